The number of amides is 4. The molecule has 0 spiro atoms. The number of Topliss-reactive ketones (excluding diaryl/α,β-unsaturated/α-hetero) is 1. The van der Waals surface area contributed by atoms with Gasteiger partial charge in [0, 0.05) is 6.54 Å². The van der Waals surface area contributed by atoms with Gasteiger partial charge in [-0.2, -0.15) is 0 Å². The summed E-state index contributed by atoms with van der Waals surface area (Å²) in [5.41, 5.74) is 4.19. The van der Waals surface area contributed by atoms with Gasteiger partial charge >= 0.3 is 0 Å². The maximum atomic E-state index is 14.1. The van der Waals surface area contributed by atoms with E-state index in [1.807, 2.05) is 27.7 Å². The summed E-state index contributed by atoms with van der Waals surface area (Å²) in [4.78, 5) is 66.3. The van der Waals surface area contributed by atoms with Crippen molar-refractivity contribution in [1.29, 1.82) is 0 Å². The number of likely N-dealkylation sites (tertiary alicyclic amines) is 1. The van der Waals surface area contributed by atoms with E-state index in [-0.39, 0.29) is 42.6 Å². The Morgan fingerprint density at radius 2 is 1.62 bits per heavy atom. The monoisotopic (exact) mass is 585 g/mol. The Kier molecular flexibility index (Phi) is 10.2. The van der Waals surface area contributed by atoms with Gasteiger partial charge in [0.25, 0.3) is 5.91 Å². The Labute approximate surface area is 238 Å². The van der Waals surface area contributed by atoms with E-state index < -0.39 is 69.0 Å². The maximum Gasteiger partial charge on any atom is 0.287 e. The van der Waals surface area contributed by atoms with Crippen molar-refractivity contribution < 1.29 is 32.4 Å². The van der Waals surface area contributed by atoms with E-state index in [2.05, 4.69) is 15.4 Å². The van der Waals surface area contributed by atoms with Gasteiger partial charge < -0.3 is 21.3 Å². The predicted octanol–water partition coefficient (Wildman–Crippen LogP) is 0.304. The predicted molar refractivity (Wildman–Crippen MR) is 150 cm³/mol. The molecule has 4 amide bonds. The molecule has 1 saturated heterocycles. The molecule has 0 aromatic heterocycles. The molecule has 3 unspecified atom stereocenters. The van der Waals surface area contributed by atoms with E-state index in [0.29, 0.717) is 6.42 Å². The van der Waals surface area contributed by atoms with Crippen LogP contribution in [0.5, 0.6) is 0 Å². The second-order valence-electron chi connectivity index (χ2n) is 13.3. The van der Waals surface area contributed by atoms with Crippen LogP contribution in [0.25, 0.3) is 0 Å². The number of carbonyl (C=O) groups excluding carboxylic acids is 5. The summed E-state index contributed by atoms with van der Waals surface area (Å²) in [5, 5.41) is 5.42. The van der Waals surface area contributed by atoms with Gasteiger partial charge in [-0.25, -0.2) is 13.1 Å². The number of sulfonamides is 1. The molecule has 1 saturated carbocycles. The zero-order valence-electron chi connectivity index (χ0n) is 25.2. The van der Waals surface area contributed by atoms with E-state index in [1.165, 1.54) is 4.90 Å². The molecule has 2 rings (SSSR count). The molecule has 1 aliphatic heterocycles. The molecule has 40 heavy (non-hydrogen) atoms. The topological polar surface area (TPSA) is 185 Å². The summed E-state index contributed by atoms with van der Waals surface area (Å²) in [6.07, 6.45) is 1.93. The highest BCUT2D eigenvalue weighted by atomic mass is 32.2. The van der Waals surface area contributed by atoms with Crippen LogP contribution in [0.15, 0.2) is 0 Å². The third kappa shape index (κ3) is 7.80. The van der Waals surface area contributed by atoms with Gasteiger partial charge in [-0.1, -0.05) is 61.8 Å². The molecular weight excluding hydrogens is 538 g/mol. The maximum absolute atomic E-state index is 14.1. The molecule has 12 nitrogen and oxygen atoms in total. The number of piperidine rings is 1. The lowest BCUT2D eigenvalue weighted by atomic mass is 9.84. The van der Waals surface area contributed by atoms with Gasteiger partial charge in [0.1, 0.15) is 18.1 Å². The number of carbonyl (C=O) groups is 5. The van der Waals surface area contributed by atoms with Crippen LogP contribution in [-0.4, -0.2) is 79.7 Å². The third-order valence-electron chi connectivity index (χ3n) is 7.99. The molecule has 0 aromatic carbocycles. The summed E-state index contributed by atoms with van der Waals surface area (Å²) in [6, 6.07) is -4.14. The summed E-state index contributed by atoms with van der Waals surface area (Å²) in [7, 11) is -3.70. The second kappa shape index (κ2) is 12.1. The minimum Gasteiger partial charge on any atom is -0.363 e. The number of fused-ring (bicyclic) bond motifs is 1. The molecule has 0 aromatic rings. The van der Waals surface area contributed by atoms with Crippen LogP contribution in [0.1, 0.15) is 74.7 Å². The first-order valence-electron chi connectivity index (χ1n) is 13.9. The van der Waals surface area contributed by atoms with Crippen molar-refractivity contribution in [2.75, 3.05) is 12.8 Å². The summed E-state index contributed by atoms with van der Waals surface area (Å²) in [5.74, 6) is -3.82. The first-order valence-corrected chi connectivity index (χ1v) is 15.7. The van der Waals surface area contributed by atoms with Crippen LogP contribution in [0.3, 0.4) is 0 Å². The van der Waals surface area contributed by atoms with Gasteiger partial charge in [0.15, 0.2) is 0 Å². The normalized spacial score (nSPS) is 24.1. The minimum absolute atomic E-state index is 0.00558. The molecule has 1 heterocycles. The Hall–Kier alpha value is -2.54. The number of ketones is 1. The Balaban J connectivity index is 2.37. The van der Waals surface area contributed by atoms with Gasteiger partial charge in [-0.15, -0.1) is 0 Å². The Morgan fingerprint density at radius 1 is 1.05 bits per heavy atom. The van der Waals surface area contributed by atoms with Crippen molar-refractivity contribution in [2.45, 2.75) is 98.8 Å². The first kappa shape index (κ1) is 33.7. The molecule has 0 bridgehead atoms. The van der Waals surface area contributed by atoms with Gasteiger partial charge in [0.2, 0.25) is 33.5 Å². The van der Waals surface area contributed by atoms with Crippen molar-refractivity contribution in [3.8, 4) is 0 Å². The average Bonchev–Trinajstić information content (AvgIpc) is 3.13. The number of hydrogen-bond acceptors (Lipinski definition) is 7. The lowest BCUT2D eigenvalue weighted by molar-refractivity contribution is -0.146. The quantitative estimate of drug-likeness (QED) is 0.224. The fourth-order valence-corrected chi connectivity index (χ4v) is 6.52. The first-order chi connectivity index (χ1) is 18.1. The van der Waals surface area contributed by atoms with E-state index in [9.17, 15) is 32.4 Å². The smallest absolute Gasteiger partial charge is 0.287 e. The van der Waals surface area contributed by atoms with Crippen LogP contribution in [0.4, 0.5) is 0 Å². The highest BCUT2D eigenvalue weighted by Gasteiger charge is 2.69. The lowest BCUT2D eigenvalue weighted by Crippen LogP contribution is -2.62. The standard InChI is InChI=1S/C27H47N5O7S/c1-10-11-16(20(33)22(28)34)29-24(36)19-18-15(27(18,7)8)13-32(19)25(37)21(26(4,5)6)30-23(35)17(12-14(2)3)31-40(9,38)39/h14-19,21,31H,10-13H2,1-9H3,(H2,28,34)(H,29,36)(H,30,35)/t15-,16?,17?,18?,19-,21+/m0/s1. The number of nitrogens with zero attached hydrogens (tertiary/aromatic N) is 1. The molecule has 228 valence electrons. The van der Waals surface area contributed by atoms with E-state index in [4.69, 9.17) is 5.73 Å². The number of hydrogen-bond donors (Lipinski definition) is 4. The minimum atomic E-state index is -3.70. The molecule has 13 heteroatoms. The number of nitrogens with two attached hydrogens (primary N) is 1. The molecule has 6 atom stereocenters. The van der Waals surface area contributed by atoms with Crippen molar-refractivity contribution in [3.63, 3.8) is 0 Å². The van der Waals surface area contributed by atoms with E-state index >= 15 is 0 Å². The van der Waals surface area contributed by atoms with E-state index in [1.54, 1.807) is 27.7 Å². The lowest BCUT2D eigenvalue weighted by Gasteiger charge is -2.38. The van der Waals surface area contributed by atoms with Crippen molar-refractivity contribution >= 4 is 39.4 Å². The number of primary amides is 1. The fraction of sp³-hybridized carbons (Fsp3) is 0.815. The van der Waals surface area contributed by atoms with Crippen LogP contribution in [-0.2, 0) is 34.0 Å². The average molecular weight is 586 g/mol. The van der Waals surface area contributed by atoms with E-state index in [0.717, 1.165) is 6.26 Å². The van der Waals surface area contributed by atoms with Gasteiger partial charge in [0.05, 0.1) is 12.3 Å². The molecule has 0 radical (unpaired) electrons. The van der Waals surface area contributed by atoms with Gasteiger partial charge in [-0.05, 0) is 41.4 Å². The summed E-state index contributed by atoms with van der Waals surface area (Å²) >= 11 is 0. The van der Waals surface area contributed by atoms with Crippen LogP contribution < -0.4 is 21.1 Å². The van der Waals surface area contributed by atoms with Crippen LogP contribution in [0, 0.1) is 28.6 Å². The molecular formula is C27H47N5O7S. The Morgan fingerprint density at radius 3 is 2.08 bits per heavy atom. The fourth-order valence-electron chi connectivity index (χ4n) is 5.80. The zero-order chi connectivity index (χ0) is 31.0. The second-order valence-corrected chi connectivity index (χ2v) is 15.1. The zero-order valence-corrected chi connectivity index (χ0v) is 26.0. The van der Waals surface area contributed by atoms with Crippen molar-refractivity contribution in [1.82, 2.24) is 20.3 Å². The number of rotatable bonds is 13. The summed E-state index contributed by atoms with van der Waals surface area (Å²) < 4.78 is 26.2. The van der Waals surface area contributed by atoms with Crippen LogP contribution in [0.2, 0.25) is 0 Å². The number of nitrogens with one attached hydrogen (secondary N) is 3. The SMILES string of the molecule is CCCC(NC(=O)[C@@H]1C2[C@H](CN1C(=O)[C@@H](NC(=O)C(CC(C)C)NS(C)(=O)=O)C(C)(C)C)C2(C)C)C(=O)C(N)=O. The van der Waals surface area contributed by atoms with Crippen molar-refractivity contribution in [2.24, 2.45) is 34.3 Å². The van der Waals surface area contributed by atoms with Crippen molar-refractivity contribution in [3.05, 3.63) is 0 Å². The summed E-state index contributed by atoms with van der Waals surface area (Å²) in [6.45, 7) is 15.1. The van der Waals surface area contributed by atoms with Gasteiger partial charge in [-0.3, -0.25) is 24.0 Å². The molecule has 2 aliphatic rings. The largest absolute Gasteiger partial charge is 0.363 e. The Bertz CT molecular complexity index is 1130. The van der Waals surface area contributed by atoms with Crippen LogP contribution >= 0.6 is 0 Å². The third-order valence-corrected chi connectivity index (χ3v) is 8.71. The molecule has 2 fully saturated rings. The molecule has 1 aliphatic carbocycles. The highest BCUT2D eigenvalue weighted by molar-refractivity contribution is 7.88. The molecule has 5 N–H and O–H groups in total. The highest BCUT2D eigenvalue weighted by Crippen LogP contribution is 2.65.